The van der Waals surface area contributed by atoms with Crippen LogP contribution in [0.15, 0.2) is 41.8 Å². The molecule has 0 aliphatic carbocycles. The second-order valence-electron chi connectivity index (χ2n) is 7.22. The predicted octanol–water partition coefficient (Wildman–Crippen LogP) is 4.50. The number of hydrogen-bond donors (Lipinski definition) is 2. The molecule has 1 heterocycles. The van der Waals surface area contributed by atoms with Gasteiger partial charge < -0.3 is 10.6 Å². The van der Waals surface area contributed by atoms with Gasteiger partial charge in [0.25, 0.3) is 5.91 Å². The van der Waals surface area contributed by atoms with Crippen LogP contribution in [0.4, 0.5) is 0 Å². The van der Waals surface area contributed by atoms with Crippen molar-refractivity contribution >= 4 is 23.2 Å². The lowest BCUT2D eigenvalue weighted by molar-refractivity contribution is -0.123. The van der Waals surface area contributed by atoms with Crippen molar-refractivity contribution in [1.29, 1.82) is 0 Å². The normalized spacial score (nSPS) is 13.5. The molecule has 26 heavy (non-hydrogen) atoms. The van der Waals surface area contributed by atoms with Crippen LogP contribution in [0.1, 0.15) is 67.4 Å². The maximum atomic E-state index is 12.6. The molecular formula is C21H28N2O2S. The molecule has 2 rings (SSSR count). The number of thiophene rings is 1. The van der Waals surface area contributed by atoms with Gasteiger partial charge >= 0.3 is 0 Å². The van der Waals surface area contributed by atoms with Crippen LogP contribution in [0.5, 0.6) is 0 Å². The van der Waals surface area contributed by atoms with Gasteiger partial charge in [-0.25, -0.2) is 0 Å². The molecule has 2 atom stereocenters. The molecule has 0 saturated carbocycles. The van der Waals surface area contributed by atoms with Gasteiger partial charge in [-0.05, 0) is 41.3 Å². The fraction of sp³-hybridized carbons (Fsp3) is 0.429. The lowest BCUT2D eigenvalue weighted by Crippen LogP contribution is -2.46. The third-order valence-corrected chi connectivity index (χ3v) is 5.28. The zero-order chi connectivity index (χ0) is 19.3. The van der Waals surface area contributed by atoms with Crippen LogP contribution < -0.4 is 10.6 Å². The van der Waals surface area contributed by atoms with Crippen LogP contribution in [-0.2, 0) is 4.79 Å². The van der Waals surface area contributed by atoms with Crippen molar-refractivity contribution in [3.05, 3.63) is 57.8 Å². The fourth-order valence-corrected chi connectivity index (χ4v) is 3.37. The number of hydrogen-bond acceptors (Lipinski definition) is 3. The molecule has 0 aliphatic heterocycles. The molecule has 1 aromatic heterocycles. The van der Waals surface area contributed by atoms with E-state index in [2.05, 4.69) is 62.6 Å². The van der Waals surface area contributed by atoms with Crippen molar-refractivity contribution in [2.45, 2.75) is 52.6 Å². The van der Waals surface area contributed by atoms with Gasteiger partial charge in [-0.2, -0.15) is 0 Å². The second kappa shape index (κ2) is 8.99. The average Bonchev–Trinajstić information content (AvgIpc) is 3.14. The third-order valence-electron chi connectivity index (χ3n) is 4.41. The van der Waals surface area contributed by atoms with E-state index in [1.807, 2.05) is 11.4 Å². The van der Waals surface area contributed by atoms with E-state index in [0.29, 0.717) is 10.8 Å². The van der Waals surface area contributed by atoms with Gasteiger partial charge in [-0.15, -0.1) is 11.3 Å². The minimum atomic E-state index is -0.596. The molecule has 1 aromatic carbocycles. The van der Waals surface area contributed by atoms with E-state index in [-0.39, 0.29) is 23.8 Å². The summed E-state index contributed by atoms with van der Waals surface area (Å²) in [5.41, 5.74) is 2.36. The Labute approximate surface area is 160 Å². The number of rotatable bonds is 7. The summed E-state index contributed by atoms with van der Waals surface area (Å²) in [7, 11) is 0. The van der Waals surface area contributed by atoms with Crippen LogP contribution >= 0.6 is 11.3 Å². The predicted molar refractivity (Wildman–Crippen MR) is 107 cm³/mol. The molecule has 2 amide bonds. The van der Waals surface area contributed by atoms with E-state index < -0.39 is 6.04 Å². The van der Waals surface area contributed by atoms with Crippen LogP contribution in [0, 0.1) is 5.92 Å². The van der Waals surface area contributed by atoms with E-state index in [4.69, 9.17) is 0 Å². The second-order valence-corrected chi connectivity index (χ2v) is 8.17. The first-order valence-electron chi connectivity index (χ1n) is 9.04. The van der Waals surface area contributed by atoms with Gasteiger partial charge in [-0.3, -0.25) is 9.59 Å². The maximum Gasteiger partial charge on any atom is 0.261 e. The van der Waals surface area contributed by atoms with Crippen molar-refractivity contribution < 1.29 is 9.59 Å². The lowest BCUT2D eigenvalue weighted by Gasteiger charge is -2.25. The van der Waals surface area contributed by atoms with Gasteiger partial charge in [0.05, 0.1) is 10.9 Å². The summed E-state index contributed by atoms with van der Waals surface area (Å²) in [6.45, 7) is 10.2. The highest BCUT2D eigenvalue weighted by Crippen LogP contribution is 2.24. The Bertz CT molecular complexity index is 721. The summed E-state index contributed by atoms with van der Waals surface area (Å²) in [6, 6.07) is 11.3. The molecular weight excluding hydrogens is 344 g/mol. The SMILES string of the molecule is CC(NC(=O)c1cccs1)C(=O)NC(c1ccc(C(C)C)cc1)C(C)C. The summed E-state index contributed by atoms with van der Waals surface area (Å²) in [6.07, 6.45) is 0. The van der Waals surface area contributed by atoms with Crippen LogP contribution in [0.2, 0.25) is 0 Å². The Balaban J connectivity index is 2.04. The Kier molecular flexibility index (Phi) is 6.98. The summed E-state index contributed by atoms with van der Waals surface area (Å²) >= 11 is 1.36. The summed E-state index contributed by atoms with van der Waals surface area (Å²) < 4.78 is 0. The smallest absolute Gasteiger partial charge is 0.261 e. The van der Waals surface area contributed by atoms with Crippen LogP contribution in [0.3, 0.4) is 0 Å². The standard InChI is InChI=1S/C21H28N2O2S/c1-13(2)16-8-10-17(11-9-16)19(14(3)4)23-20(24)15(5)22-21(25)18-7-6-12-26-18/h6-15,19H,1-5H3,(H,22,25)(H,23,24). The van der Waals surface area contributed by atoms with Crippen molar-refractivity contribution in [2.24, 2.45) is 5.92 Å². The van der Waals surface area contributed by atoms with E-state index >= 15 is 0 Å². The highest BCUT2D eigenvalue weighted by molar-refractivity contribution is 7.12. The molecule has 2 N–H and O–H groups in total. The molecule has 0 fully saturated rings. The summed E-state index contributed by atoms with van der Waals surface area (Å²) in [5, 5.41) is 7.69. The molecule has 4 nitrogen and oxygen atoms in total. The number of carbonyl (C=O) groups excluding carboxylic acids is 2. The maximum absolute atomic E-state index is 12.6. The molecule has 0 saturated heterocycles. The molecule has 5 heteroatoms. The Morgan fingerprint density at radius 3 is 2.00 bits per heavy atom. The first-order valence-corrected chi connectivity index (χ1v) is 9.92. The highest BCUT2D eigenvalue weighted by atomic mass is 32.1. The minimum absolute atomic E-state index is 0.0928. The number of benzene rings is 1. The van der Waals surface area contributed by atoms with E-state index in [1.165, 1.54) is 16.9 Å². The Morgan fingerprint density at radius 1 is 0.885 bits per heavy atom. The zero-order valence-electron chi connectivity index (χ0n) is 16.1. The van der Waals surface area contributed by atoms with Gasteiger partial charge in [0, 0.05) is 0 Å². The van der Waals surface area contributed by atoms with E-state index in [0.717, 1.165) is 5.56 Å². The molecule has 0 radical (unpaired) electrons. The molecule has 2 aromatic rings. The number of carbonyl (C=O) groups is 2. The van der Waals surface area contributed by atoms with Crippen molar-refractivity contribution in [3.63, 3.8) is 0 Å². The van der Waals surface area contributed by atoms with Gasteiger partial charge in [-0.1, -0.05) is 58.0 Å². The zero-order valence-corrected chi connectivity index (χ0v) is 16.9. The van der Waals surface area contributed by atoms with E-state index in [1.54, 1.807) is 13.0 Å². The lowest BCUT2D eigenvalue weighted by atomic mass is 9.93. The number of nitrogens with one attached hydrogen (secondary N) is 2. The summed E-state index contributed by atoms with van der Waals surface area (Å²) in [5.74, 6) is 0.319. The average molecular weight is 373 g/mol. The molecule has 0 bridgehead atoms. The van der Waals surface area contributed by atoms with Crippen LogP contribution in [-0.4, -0.2) is 17.9 Å². The molecule has 0 aliphatic rings. The Hall–Kier alpha value is -2.14. The third kappa shape index (κ3) is 5.18. The van der Waals surface area contributed by atoms with E-state index in [9.17, 15) is 9.59 Å². The topological polar surface area (TPSA) is 58.2 Å². The first-order chi connectivity index (χ1) is 12.3. The summed E-state index contributed by atoms with van der Waals surface area (Å²) in [4.78, 5) is 25.3. The molecule has 0 spiro atoms. The first kappa shape index (κ1) is 20.2. The van der Waals surface area contributed by atoms with Gasteiger partial charge in [0.15, 0.2) is 0 Å². The number of amides is 2. The Morgan fingerprint density at radius 2 is 1.50 bits per heavy atom. The quantitative estimate of drug-likeness (QED) is 0.751. The largest absolute Gasteiger partial charge is 0.347 e. The monoisotopic (exact) mass is 372 g/mol. The van der Waals surface area contributed by atoms with Gasteiger partial charge in [0.2, 0.25) is 5.91 Å². The van der Waals surface area contributed by atoms with Crippen molar-refractivity contribution in [2.75, 3.05) is 0 Å². The molecule has 2 unspecified atom stereocenters. The van der Waals surface area contributed by atoms with Crippen LogP contribution in [0.25, 0.3) is 0 Å². The van der Waals surface area contributed by atoms with Crippen molar-refractivity contribution in [1.82, 2.24) is 10.6 Å². The van der Waals surface area contributed by atoms with Crippen molar-refractivity contribution in [3.8, 4) is 0 Å². The fourth-order valence-electron chi connectivity index (χ4n) is 2.74. The van der Waals surface area contributed by atoms with Gasteiger partial charge in [0.1, 0.15) is 6.04 Å². The highest BCUT2D eigenvalue weighted by Gasteiger charge is 2.23. The minimum Gasteiger partial charge on any atom is -0.347 e. The molecule has 140 valence electrons.